The number of carbonyl (C=O) groups excluding carboxylic acids is 5. The van der Waals surface area contributed by atoms with Crippen LogP contribution in [0, 0.1) is 5.92 Å². The number of hydrogen-bond acceptors (Lipinski definition) is 9. The van der Waals surface area contributed by atoms with Gasteiger partial charge >= 0.3 is 24.1 Å². The third-order valence-electron chi connectivity index (χ3n) is 5.69. The minimum absolute atomic E-state index is 0.0420. The number of rotatable bonds is 13. The van der Waals surface area contributed by atoms with Crippen LogP contribution in [-0.4, -0.2) is 60.9 Å². The molecule has 0 unspecified atom stereocenters. The maximum absolute atomic E-state index is 12.9. The van der Waals surface area contributed by atoms with E-state index in [0.29, 0.717) is 5.56 Å². The summed E-state index contributed by atoms with van der Waals surface area (Å²) < 4.78 is 20.9. The van der Waals surface area contributed by atoms with Crippen LogP contribution in [0.4, 0.5) is 9.59 Å². The van der Waals surface area contributed by atoms with Crippen LogP contribution in [0.5, 0.6) is 5.75 Å². The lowest BCUT2D eigenvalue weighted by Gasteiger charge is -2.22. The lowest BCUT2D eigenvalue weighted by atomic mass is 10.0. The average Bonchev–Trinajstić information content (AvgIpc) is 2.94. The fourth-order valence-electron chi connectivity index (χ4n) is 3.64. The molecule has 0 saturated heterocycles. The second-order valence-electron chi connectivity index (χ2n) is 10.9. The zero-order chi connectivity index (χ0) is 32.0. The Kier molecular flexibility index (Phi) is 13.5. The molecule has 2 aromatic carbocycles. The Morgan fingerprint density at radius 3 is 2.02 bits per heavy atom. The van der Waals surface area contributed by atoms with Gasteiger partial charge in [-0.05, 0) is 56.9 Å². The number of carbonyl (C=O) groups is 5. The maximum atomic E-state index is 12.9. The highest BCUT2D eigenvalue weighted by molar-refractivity contribution is 5.88. The van der Waals surface area contributed by atoms with Gasteiger partial charge < -0.3 is 34.9 Å². The van der Waals surface area contributed by atoms with Crippen LogP contribution in [0.25, 0.3) is 0 Å². The van der Waals surface area contributed by atoms with E-state index < -0.39 is 47.7 Å². The second kappa shape index (κ2) is 16.7. The topological polar surface area (TPSA) is 158 Å². The molecule has 3 amide bonds. The molecule has 12 nitrogen and oxygen atoms in total. The molecule has 0 aliphatic rings. The lowest BCUT2D eigenvalue weighted by molar-refractivity contribution is -0.145. The van der Waals surface area contributed by atoms with Gasteiger partial charge in [0.15, 0.2) is 0 Å². The van der Waals surface area contributed by atoms with Crippen molar-refractivity contribution in [3.63, 3.8) is 0 Å². The molecule has 0 fully saturated rings. The Morgan fingerprint density at radius 2 is 1.44 bits per heavy atom. The summed E-state index contributed by atoms with van der Waals surface area (Å²) in [4.78, 5) is 61.9. The van der Waals surface area contributed by atoms with Gasteiger partial charge in [-0.2, -0.15) is 0 Å². The zero-order valence-corrected chi connectivity index (χ0v) is 25.4. The van der Waals surface area contributed by atoms with Crippen LogP contribution in [0.1, 0.15) is 52.7 Å². The molecule has 0 radical (unpaired) electrons. The Morgan fingerprint density at radius 1 is 0.791 bits per heavy atom. The van der Waals surface area contributed by atoms with E-state index in [-0.39, 0.29) is 37.8 Å². The minimum Gasteiger partial charge on any atom is -0.464 e. The molecule has 234 valence electrons. The van der Waals surface area contributed by atoms with Crippen molar-refractivity contribution in [1.29, 1.82) is 0 Å². The summed E-state index contributed by atoms with van der Waals surface area (Å²) >= 11 is 0. The van der Waals surface area contributed by atoms with Crippen LogP contribution in [0.15, 0.2) is 54.6 Å². The molecule has 0 spiro atoms. The summed E-state index contributed by atoms with van der Waals surface area (Å²) in [5.74, 6) is -2.00. The number of hydrogen-bond donors (Lipinski definition) is 3. The third kappa shape index (κ3) is 13.3. The van der Waals surface area contributed by atoms with Gasteiger partial charge in [-0.15, -0.1) is 0 Å². The second-order valence-corrected chi connectivity index (χ2v) is 10.9. The summed E-state index contributed by atoms with van der Waals surface area (Å²) in [5.41, 5.74) is 0.737. The fraction of sp³-hybridized carbons (Fsp3) is 0.452. The Bertz CT molecular complexity index is 1230. The number of nitrogens with one attached hydrogen (secondary N) is 3. The molecule has 0 aliphatic heterocycles. The Balaban J connectivity index is 1.96. The predicted molar refractivity (Wildman–Crippen MR) is 157 cm³/mol. The van der Waals surface area contributed by atoms with Crippen LogP contribution >= 0.6 is 0 Å². The molecule has 0 saturated carbocycles. The Hall–Kier alpha value is -4.61. The lowest BCUT2D eigenvalue weighted by Crippen LogP contribution is -2.49. The van der Waals surface area contributed by atoms with Gasteiger partial charge in [0.1, 0.15) is 36.6 Å². The summed E-state index contributed by atoms with van der Waals surface area (Å²) in [6, 6.07) is 13.5. The highest BCUT2D eigenvalue weighted by Crippen LogP contribution is 2.16. The molecule has 12 heteroatoms. The molecule has 2 rings (SSSR count). The number of benzene rings is 2. The van der Waals surface area contributed by atoms with Crippen LogP contribution in [0.3, 0.4) is 0 Å². The summed E-state index contributed by atoms with van der Waals surface area (Å²) in [7, 11) is 0. The van der Waals surface area contributed by atoms with E-state index >= 15 is 0 Å². The highest BCUT2D eigenvalue weighted by Gasteiger charge is 2.27. The van der Waals surface area contributed by atoms with Crippen molar-refractivity contribution in [3.05, 3.63) is 65.7 Å². The molecule has 3 N–H and O–H groups in total. The van der Waals surface area contributed by atoms with E-state index in [1.165, 1.54) is 12.1 Å². The number of amides is 3. The molecule has 2 atom stereocenters. The van der Waals surface area contributed by atoms with Gasteiger partial charge in [0.2, 0.25) is 5.91 Å². The molecule has 2 aromatic rings. The van der Waals surface area contributed by atoms with Gasteiger partial charge in [-0.25, -0.2) is 19.2 Å². The first kappa shape index (κ1) is 34.6. The van der Waals surface area contributed by atoms with Crippen molar-refractivity contribution >= 4 is 30.0 Å². The first-order chi connectivity index (χ1) is 20.3. The van der Waals surface area contributed by atoms with Crippen LogP contribution < -0.4 is 20.7 Å². The first-order valence-electron chi connectivity index (χ1n) is 14.0. The van der Waals surface area contributed by atoms with E-state index in [0.717, 1.165) is 5.56 Å². The van der Waals surface area contributed by atoms with Crippen molar-refractivity contribution in [2.75, 3.05) is 13.2 Å². The smallest absolute Gasteiger partial charge is 0.408 e. The molecular weight excluding hydrogens is 558 g/mol. The zero-order valence-electron chi connectivity index (χ0n) is 25.4. The van der Waals surface area contributed by atoms with Crippen molar-refractivity contribution in [2.24, 2.45) is 5.92 Å². The molecule has 0 aliphatic carbocycles. The predicted octanol–water partition coefficient (Wildman–Crippen LogP) is 3.66. The van der Waals surface area contributed by atoms with E-state index in [1.807, 2.05) is 30.3 Å². The van der Waals surface area contributed by atoms with E-state index in [1.54, 1.807) is 53.7 Å². The number of alkyl carbamates (subject to hydrolysis) is 2. The quantitative estimate of drug-likeness (QED) is 0.177. The average molecular weight is 600 g/mol. The summed E-state index contributed by atoms with van der Waals surface area (Å²) in [5, 5.41) is 7.46. The van der Waals surface area contributed by atoms with Gasteiger partial charge in [0, 0.05) is 6.42 Å². The highest BCUT2D eigenvalue weighted by atomic mass is 16.6. The van der Waals surface area contributed by atoms with Crippen molar-refractivity contribution in [1.82, 2.24) is 16.0 Å². The molecule has 0 heterocycles. The summed E-state index contributed by atoms with van der Waals surface area (Å²) in [6.45, 7) is 10.0. The van der Waals surface area contributed by atoms with E-state index in [4.69, 9.17) is 18.9 Å². The molecule has 43 heavy (non-hydrogen) atoms. The van der Waals surface area contributed by atoms with Crippen molar-refractivity contribution in [3.8, 4) is 5.75 Å². The van der Waals surface area contributed by atoms with Crippen LogP contribution in [0.2, 0.25) is 0 Å². The normalized spacial score (nSPS) is 12.3. The van der Waals surface area contributed by atoms with Crippen LogP contribution in [-0.2, 0) is 41.6 Å². The van der Waals surface area contributed by atoms with E-state index in [2.05, 4.69) is 16.0 Å². The van der Waals surface area contributed by atoms with E-state index in [9.17, 15) is 24.0 Å². The standard InChI is InChI=1S/C31H41N3O9/c1-7-40-27(36)24(33-30(39)41-19-22-11-9-8-10-12-22)17-21-13-15-23(16-14-21)42-28(37)26(20(2)3)34-25(35)18-32-29(38)43-31(4,5)6/h8-16,20,24,26H,7,17-19H2,1-6H3,(H,32,38)(H,33,39)(H,34,35)/t24-,26+/m1/s1. The van der Waals surface area contributed by atoms with Gasteiger partial charge in [0.05, 0.1) is 6.61 Å². The van der Waals surface area contributed by atoms with Gasteiger partial charge in [0.25, 0.3) is 0 Å². The minimum atomic E-state index is -1.01. The SMILES string of the molecule is CCOC(=O)[C@@H](Cc1ccc(OC(=O)[C@@H](NC(=O)CNC(=O)OC(C)(C)C)C(C)C)cc1)NC(=O)OCc1ccccc1. The number of ether oxygens (including phenoxy) is 4. The molecule has 0 aromatic heterocycles. The third-order valence-corrected chi connectivity index (χ3v) is 5.69. The maximum Gasteiger partial charge on any atom is 0.408 e. The monoisotopic (exact) mass is 599 g/mol. The Labute approximate surface area is 251 Å². The first-order valence-corrected chi connectivity index (χ1v) is 14.0. The number of esters is 2. The van der Waals surface area contributed by atoms with Gasteiger partial charge in [-0.3, -0.25) is 4.79 Å². The largest absolute Gasteiger partial charge is 0.464 e. The summed E-state index contributed by atoms with van der Waals surface area (Å²) in [6.07, 6.45) is -1.42. The molecule has 0 bridgehead atoms. The van der Waals surface area contributed by atoms with Crippen molar-refractivity contribution < 1.29 is 42.9 Å². The fourth-order valence-corrected chi connectivity index (χ4v) is 3.64. The van der Waals surface area contributed by atoms with Crippen molar-refractivity contribution in [2.45, 2.75) is 72.3 Å². The van der Waals surface area contributed by atoms with Gasteiger partial charge in [-0.1, -0.05) is 56.3 Å². The molecular formula is C31H41N3O9.